The van der Waals surface area contributed by atoms with Gasteiger partial charge in [-0.15, -0.1) is 0 Å². The molecule has 0 fully saturated rings. The van der Waals surface area contributed by atoms with Gasteiger partial charge in [0.25, 0.3) is 11.8 Å². The van der Waals surface area contributed by atoms with Gasteiger partial charge in [-0.3, -0.25) is 9.59 Å². The Morgan fingerprint density at radius 1 is 0.853 bits per heavy atom. The van der Waals surface area contributed by atoms with Gasteiger partial charge in [0.1, 0.15) is 17.6 Å². The summed E-state index contributed by atoms with van der Waals surface area (Å²) in [5, 5.41) is 13.6. The molecule has 0 saturated heterocycles. The lowest BCUT2D eigenvalue weighted by molar-refractivity contribution is -0.137. The van der Waals surface area contributed by atoms with Crippen molar-refractivity contribution in [2.75, 3.05) is 23.8 Å². The van der Waals surface area contributed by atoms with Crippen LogP contribution in [0.15, 0.2) is 72.8 Å². The van der Waals surface area contributed by atoms with E-state index >= 15 is 0 Å². The number of carbonyl (C=O) groups is 2. The van der Waals surface area contributed by atoms with Crippen LogP contribution >= 0.6 is 0 Å². The molecule has 3 aromatic carbocycles. The SMILES string of the molecule is N#CCOc1cccc(NC(=O)c2ccc(OCC(=O)Nc3cccc(C(F)(F)F)c3)cc2)c1. The van der Waals surface area contributed by atoms with Crippen molar-refractivity contribution >= 4 is 23.2 Å². The summed E-state index contributed by atoms with van der Waals surface area (Å²) < 4.78 is 48.8. The maximum atomic E-state index is 12.8. The van der Waals surface area contributed by atoms with Crippen molar-refractivity contribution in [1.29, 1.82) is 5.26 Å². The Kier molecular flexibility index (Phi) is 7.71. The molecule has 0 atom stereocenters. The van der Waals surface area contributed by atoms with E-state index in [1.54, 1.807) is 24.3 Å². The number of ether oxygens (including phenoxy) is 2. The normalized spacial score (nSPS) is 10.6. The van der Waals surface area contributed by atoms with Crippen molar-refractivity contribution in [2.45, 2.75) is 6.18 Å². The number of alkyl halides is 3. The maximum absolute atomic E-state index is 12.8. The Bertz CT molecular complexity index is 1210. The third-order valence-corrected chi connectivity index (χ3v) is 4.36. The van der Waals surface area contributed by atoms with Crippen molar-refractivity contribution in [1.82, 2.24) is 0 Å². The number of hydrogen-bond donors (Lipinski definition) is 2. The zero-order valence-corrected chi connectivity index (χ0v) is 17.6. The Labute approximate surface area is 192 Å². The fourth-order valence-corrected chi connectivity index (χ4v) is 2.80. The van der Waals surface area contributed by atoms with Crippen LogP contribution in [-0.4, -0.2) is 25.0 Å². The number of benzene rings is 3. The van der Waals surface area contributed by atoms with Crippen LogP contribution in [-0.2, 0) is 11.0 Å². The summed E-state index contributed by atoms with van der Waals surface area (Å²) in [5.41, 5.74) is -0.0739. The Balaban J connectivity index is 1.52. The lowest BCUT2D eigenvalue weighted by Crippen LogP contribution is -2.20. The van der Waals surface area contributed by atoms with Crippen LogP contribution < -0.4 is 20.1 Å². The van der Waals surface area contributed by atoms with Gasteiger partial charge in [0.2, 0.25) is 0 Å². The Morgan fingerprint density at radius 3 is 2.21 bits per heavy atom. The van der Waals surface area contributed by atoms with Gasteiger partial charge >= 0.3 is 6.18 Å². The molecule has 34 heavy (non-hydrogen) atoms. The summed E-state index contributed by atoms with van der Waals surface area (Å²) >= 11 is 0. The third kappa shape index (κ3) is 7.00. The molecule has 2 N–H and O–H groups in total. The van der Waals surface area contributed by atoms with Gasteiger partial charge in [0.15, 0.2) is 13.2 Å². The van der Waals surface area contributed by atoms with Crippen LogP contribution in [0.3, 0.4) is 0 Å². The minimum atomic E-state index is -4.51. The molecule has 0 radical (unpaired) electrons. The molecule has 3 rings (SSSR count). The predicted molar refractivity (Wildman–Crippen MR) is 118 cm³/mol. The van der Waals surface area contributed by atoms with E-state index in [1.165, 1.54) is 36.4 Å². The van der Waals surface area contributed by atoms with Crippen LogP contribution in [0, 0.1) is 11.3 Å². The summed E-state index contributed by atoms with van der Waals surface area (Å²) in [4.78, 5) is 24.4. The summed E-state index contributed by atoms with van der Waals surface area (Å²) in [7, 11) is 0. The standard InChI is InChI=1S/C24H18F3N3O4/c25-24(26,27)17-3-1-4-18(13-17)29-22(31)15-34-20-9-7-16(8-10-20)23(32)30-19-5-2-6-21(14-19)33-12-11-28/h1-10,13-14H,12,15H2,(H,29,31)(H,30,32). The van der Waals surface area contributed by atoms with E-state index in [2.05, 4.69) is 10.6 Å². The zero-order valence-electron chi connectivity index (χ0n) is 17.6. The lowest BCUT2D eigenvalue weighted by Gasteiger charge is -2.11. The number of hydrogen-bond acceptors (Lipinski definition) is 5. The minimum Gasteiger partial charge on any atom is -0.484 e. The maximum Gasteiger partial charge on any atom is 0.416 e. The molecule has 0 spiro atoms. The molecule has 3 aromatic rings. The Hall–Kier alpha value is -4.52. The first-order valence-corrected chi connectivity index (χ1v) is 9.86. The molecule has 7 nitrogen and oxygen atoms in total. The van der Waals surface area contributed by atoms with Crippen molar-refractivity contribution in [3.63, 3.8) is 0 Å². The molecule has 0 heterocycles. The van der Waals surface area contributed by atoms with Crippen molar-refractivity contribution in [2.24, 2.45) is 0 Å². The molecule has 0 aliphatic carbocycles. The van der Waals surface area contributed by atoms with Crippen LogP contribution in [0.1, 0.15) is 15.9 Å². The zero-order chi connectivity index (χ0) is 24.6. The summed E-state index contributed by atoms with van der Waals surface area (Å²) in [5.74, 6) is -0.305. The smallest absolute Gasteiger partial charge is 0.416 e. The van der Waals surface area contributed by atoms with E-state index in [-0.39, 0.29) is 12.3 Å². The van der Waals surface area contributed by atoms with Gasteiger partial charge in [0.05, 0.1) is 5.56 Å². The van der Waals surface area contributed by atoms with Gasteiger partial charge in [0, 0.05) is 23.0 Å². The third-order valence-electron chi connectivity index (χ3n) is 4.36. The number of halogens is 3. The van der Waals surface area contributed by atoms with Crippen molar-refractivity contribution in [3.05, 3.63) is 83.9 Å². The summed E-state index contributed by atoms with van der Waals surface area (Å²) in [6, 6.07) is 18.6. The number of nitriles is 1. The molecule has 2 amide bonds. The van der Waals surface area contributed by atoms with E-state index in [1.807, 2.05) is 6.07 Å². The van der Waals surface area contributed by atoms with Crippen LogP contribution in [0.5, 0.6) is 11.5 Å². The van der Waals surface area contributed by atoms with Gasteiger partial charge in [-0.05, 0) is 54.6 Å². The predicted octanol–water partition coefficient (Wildman–Crippen LogP) is 4.88. The molecular formula is C24H18F3N3O4. The van der Waals surface area contributed by atoms with Gasteiger partial charge in [-0.2, -0.15) is 18.4 Å². The van der Waals surface area contributed by atoms with E-state index in [0.29, 0.717) is 22.7 Å². The molecule has 0 aliphatic rings. The minimum absolute atomic E-state index is 0.00228. The number of carbonyl (C=O) groups excluding carboxylic acids is 2. The number of amides is 2. The second kappa shape index (κ2) is 10.9. The van der Waals surface area contributed by atoms with Gasteiger partial charge in [-0.25, -0.2) is 0 Å². The van der Waals surface area contributed by atoms with Gasteiger partial charge in [-0.1, -0.05) is 12.1 Å². The van der Waals surface area contributed by atoms with Crippen LogP contribution in [0.2, 0.25) is 0 Å². The largest absolute Gasteiger partial charge is 0.484 e. The first-order valence-electron chi connectivity index (χ1n) is 9.86. The molecule has 0 unspecified atom stereocenters. The highest BCUT2D eigenvalue weighted by atomic mass is 19.4. The highest BCUT2D eigenvalue weighted by Gasteiger charge is 2.30. The Morgan fingerprint density at radius 2 is 1.53 bits per heavy atom. The molecule has 174 valence electrons. The first-order chi connectivity index (χ1) is 16.2. The lowest BCUT2D eigenvalue weighted by atomic mass is 10.2. The monoisotopic (exact) mass is 469 g/mol. The second-order valence-electron chi connectivity index (χ2n) is 6.87. The fraction of sp³-hybridized carbons (Fsp3) is 0.125. The first kappa shape index (κ1) is 24.1. The number of nitrogens with zero attached hydrogens (tertiary/aromatic N) is 1. The van der Waals surface area contributed by atoms with Crippen molar-refractivity contribution in [3.8, 4) is 17.6 Å². The average Bonchev–Trinajstić information content (AvgIpc) is 2.81. The molecule has 0 bridgehead atoms. The molecular weight excluding hydrogens is 451 g/mol. The van der Waals surface area contributed by atoms with Crippen molar-refractivity contribution < 1.29 is 32.2 Å². The number of anilines is 2. The van der Waals surface area contributed by atoms with E-state index in [9.17, 15) is 22.8 Å². The quantitative estimate of drug-likeness (QED) is 0.490. The summed E-state index contributed by atoms with van der Waals surface area (Å²) in [6.07, 6.45) is -4.51. The highest BCUT2D eigenvalue weighted by Crippen LogP contribution is 2.30. The van der Waals surface area contributed by atoms with E-state index < -0.39 is 30.2 Å². The molecule has 0 aromatic heterocycles. The second-order valence-corrected chi connectivity index (χ2v) is 6.87. The average molecular weight is 469 g/mol. The fourth-order valence-electron chi connectivity index (χ4n) is 2.80. The summed E-state index contributed by atoms with van der Waals surface area (Å²) in [6.45, 7) is -0.548. The van der Waals surface area contributed by atoms with E-state index in [4.69, 9.17) is 14.7 Å². The number of rotatable bonds is 8. The molecule has 0 saturated carbocycles. The highest BCUT2D eigenvalue weighted by molar-refractivity contribution is 6.04. The van der Waals surface area contributed by atoms with Crippen LogP contribution in [0.4, 0.5) is 24.5 Å². The molecule has 10 heteroatoms. The molecule has 0 aliphatic heterocycles. The number of nitrogens with one attached hydrogen (secondary N) is 2. The van der Waals surface area contributed by atoms with Gasteiger partial charge < -0.3 is 20.1 Å². The van der Waals surface area contributed by atoms with Crippen LogP contribution in [0.25, 0.3) is 0 Å². The van der Waals surface area contributed by atoms with E-state index in [0.717, 1.165) is 12.1 Å². The topological polar surface area (TPSA) is 100 Å².